The zero-order valence-electron chi connectivity index (χ0n) is 11.0. The lowest BCUT2D eigenvalue weighted by molar-refractivity contribution is 0.106. The maximum Gasteiger partial charge on any atom is 0.133 e. The average molecular weight is 258 g/mol. The number of aliphatic hydroxyl groups is 1. The molecule has 1 N–H and O–H groups in total. The van der Waals surface area contributed by atoms with Crippen LogP contribution >= 0.6 is 0 Å². The Morgan fingerprint density at radius 3 is 3.00 bits per heavy atom. The van der Waals surface area contributed by atoms with E-state index in [4.69, 9.17) is 4.52 Å². The first-order chi connectivity index (χ1) is 9.28. The maximum absolute atomic E-state index is 9.71. The Morgan fingerprint density at radius 2 is 2.26 bits per heavy atom. The third-order valence-corrected chi connectivity index (χ3v) is 3.74. The smallest absolute Gasteiger partial charge is 0.133 e. The molecule has 0 amide bonds. The van der Waals surface area contributed by atoms with Crippen LogP contribution in [0.15, 0.2) is 34.9 Å². The Bertz CT molecular complexity index is 565. The van der Waals surface area contributed by atoms with Crippen LogP contribution in [0.4, 0.5) is 0 Å². The number of aromatic nitrogens is 1. The largest absolute Gasteiger partial charge is 0.394 e. The molecule has 0 saturated carbocycles. The summed E-state index contributed by atoms with van der Waals surface area (Å²) in [5.41, 5.74) is 3.50. The first-order valence-corrected chi connectivity index (χ1v) is 6.63. The lowest BCUT2D eigenvalue weighted by Crippen LogP contribution is -2.36. The van der Waals surface area contributed by atoms with Crippen molar-refractivity contribution >= 4 is 0 Å². The normalized spacial score (nSPS) is 19.4. The van der Waals surface area contributed by atoms with Gasteiger partial charge in [-0.15, -0.1) is 0 Å². The molecular weight excluding hydrogens is 240 g/mol. The minimum Gasteiger partial charge on any atom is -0.394 e. The SMILES string of the molecule is Cc1cc(CN2CCc3ccccc3C2CO)no1. The zero-order chi connectivity index (χ0) is 13.2. The van der Waals surface area contributed by atoms with Crippen LogP contribution in [-0.4, -0.2) is 28.3 Å². The molecule has 4 nitrogen and oxygen atoms in total. The summed E-state index contributed by atoms with van der Waals surface area (Å²) in [7, 11) is 0. The molecule has 1 unspecified atom stereocenters. The minimum absolute atomic E-state index is 0.0574. The quantitative estimate of drug-likeness (QED) is 0.915. The average Bonchev–Trinajstić information content (AvgIpc) is 2.84. The van der Waals surface area contributed by atoms with E-state index in [2.05, 4.69) is 28.3 Å². The minimum atomic E-state index is 0.0574. The van der Waals surface area contributed by atoms with Gasteiger partial charge >= 0.3 is 0 Å². The lowest BCUT2D eigenvalue weighted by atomic mass is 9.93. The van der Waals surface area contributed by atoms with Crippen molar-refractivity contribution in [2.24, 2.45) is 0 Å². The molecule has 100 valence electrons. The van der Waals surface area contributed by atoms with Gasteiger partial charge < -0.3 is 9.63 Å². The molecule has 2 heterocycles. The Labute approximate surface area is 112 Å². The number of rotatable bonds is 3. The molecule has 2 aromatic rings. The Hall–Kier alpha value is -1.65. The van der Waals surface area contributed by atoms with Crippen LogP contribution in [0.25, 0.3) is 0 Å². The van der Waals surface area contributed by atoms with Gasteiger partial charge in [0.1, 0.15) is 5.76 Å². The predicted molar refractivity (Wildman–Crippen MR) is 71.6 cm³/mol. The van der Waals surface area contributed by atoms with Crippen molar-refractivity contribution in [3.05, 3.63) is 52.9 Å². The van der Waals surface area contributed by atoms with E-state index in [9.17, 15) is 5.11 Å². The molecule has 1 aromatic heterocycles. The van der Waals surface area contributed by atoms with Crippen molar-refractivity contribution in [3.63, 3.8) is 0 Å². The summed E-state index contributed by atoms with van der Waals surface area (Å²) in [5.74, 6) is 0.827. The highest BCUT2D eigenvalue weighted by Crippen LogP contribution is 2.30. The maximum atomic E-state index is 9.71. The van der Waals surface area contributed by atoms with E-state index in [-0.39, 0.29) is 12.6 Å². The highest BCUT2D eigenvalue weighted by molar-refractivity contribution is 5.32. The van der Waals surface area contributed by atoms with Gasteiger partial charge in [-0.05, 0) is 24.5 Å². The molecule has 1 aliphatic rings. The predicted octanol–water partition coefficient (Wildman–Crippen LogP) is 2.07. The number of nitrogens with zero attached hydrogens (tertiary/aromatic N) is 2. The highest BCUT2D eigenvalue weighted by Gasteiger charge is 2.27. The zero-order valence-corrected chi connectivity index (χ0v) is 11.0. The molecule has 0 saturated heterocycles. The van der Waals surface area contributed by atoms with E-state index in [1.165, 1.54) is 11.1 Å². The van der Waals surface area contributed by atoms with Gasteiger partial charge in [0.05, 0.1) is 18.3 Å². The van der Waals surface area contributed by atoms with E-state index >= 15 is 0 Å². The second kappa shape index (κ2) is 5.15. The van der Waals surface area contributed by atoms with Crippen molar-refractivity contribution in [1.29, 1.82) is 0 Å². The standard InChI is InChI=1S/C15H18N2O2/c1-11-8-13(16-19-11)9-17-7-6-12-4-2-3-5-14(12)15(17)10-18/h2-5,8,15,18H,6-7,9-10H2,1H3. The highest BCUT2D eigenvalue weighted by atomic mass is 16.5. The van der Waals surface area contributed by atoms with Crippen molar-refractivity contribution in [2.75, 3.05) is 13.2 Å². The Morgan fingerprint density at radius 1 is 1.42 bits per heavy atom. The van der Waals surface area contributed by atoms with Gasteiger partial charge in [0.15, 0.2) is 0 Å². The summed E-state index contributed by atoms with van der Waals surface area (Å²) in [6.45, 7) is 3.68. The van der Waals surface area contributed by atoms with Gasteiger partial charge in [0.2, 0.25) is 0 Å². The van der Waals surface area contributed by atoms with E-state index in [1.807, 2.05) is 19.1 Å². The van der Waals surface area contributed by atoms with Crippen LogP contribution in [-0.2, 0) is 13.0 Å². The van der Waals surface area contributed by atoms with Crippen molar-refractivity contribution in [3.8, 4) is 0 Å². The monoisotopic (exact) mass is 258 g/mol. The summed E-state index contributed by atoms with van der Waals surface area (Å²) < 4.78 is 5.11. The fourth-order valence-corrected chi connectivity index (χ4v) is 2.81. The first-order valence-electron chi connectivity index (χ1n) is 6.63. The molecule has 0 spiro atoms. The van der Waals surface area contributed by atoms with Crippen LogP contribution in [0.3, 0.4) is 0 Å². The van der Waals surface area contributed by atoms with Crippen LogP contribution in [0, 0.1) is 6.92 Å². The van der Waals surface area contributed by atoms with Crippen molar-refractivity contribution < 1.29 is 9.63 Å². The summed E-state index contributed by atoms with van der Waals surface area (Å²) in [6.07, 6.45) is 1.02. The summed E-state index contributed by atoms with van der Waals surface area (Å²) in [6, 6.07) is 10.4. The molecule has 19 heavy (non-hydrogen) atoms. The summed E-state index contributed by atoms with van der Waals surface area (Å²) in [5, 5.41) is 13.7. The third kappa shape index (κ3) is 2.41. The molecule has 3 rings (SSSR count). The van der Waals surface area contributed by atoms with E-state index in [0.717, 1.165) is 31.0 Å². The van der Waals surface area contributed by atoms with Crippen LogP contribution in [0.2, 0.25) is 0 Å². The summed E-state index contributed by atoms with van der Waals surface area (Å²) >= 11 is 0. The van der Waals surface area contributed by atoms with Crippen molar-refractivity contribution in [1.82, 2.24) is 10.1 Å². The fourth-order valence-electron chi connectivity index (χ4n) is 2.81. The number of hydrogen-bond donors (Lipinski definition) is 1. The van der Waals surface area contributed by atoms with Gasteiger partial charge in [-0.1, -0.05) is 29.4 Å². The van der Waals surface area contributed by atoms with E-state index < -0.39 is 0 Å². The molecule has 0 aliphatic carbocycles. The van der Waals surface area contributed by atoms with Crippen molar-refractivity contribution in [2.45, 2.75) is 25.9 Å². The lowest BCUT2D eigenvalue weighted by Gasteiger charge is -2.35. The molecule has 4 heteroatoms. The van der Waals surface area contributed by atoms with Gasteiger partial charge in [0, 0.05) is 19.2 Å². The molecule has 0 fully saturated rings. The third-order valence-electron chi connectivity index (χ3n) is 3.74. The molecule has 1 aliphatic heterocycles. The second-order valence-electron chi connectivity index (χ2n) is 5.05. The van der Waals surface area contributed by atoms with Crippen LogP contribution in [0.1, 0.15) is 28.6 Å². The number of hydrogen-bond acceptors (Lipinski definition) is 4. The second-order valence-corrected chi connectivity index (χ2v) is 5.05. The summed E-state index contributed by atoms with van der Waals surface area (Å²) in [4.78, 5) is 2.26. The fraction of sp³-hybridized carbons (Fsp3) is 0.400. The number of aryl methyl sites for hydroxylation is 1. The molecular formula is C15H18N2O2. The molecule has 0 radical (unpaired) electrons. The molecule has 1 aromatic carbocycles. The number of aliphatic hydroxyl groups excluding tert-OH is 1. The van der Waals surface area contributed by atoms with Gasteiger partial charge in [-0.3, -0.25) is 4.90 Å². The first kappa shape index (κ1) is 12.4. The van der Waals surface area contributed by atoms with Crippen LogP contribution < -0.4 is 0 Å². The topological polar surface area (TPSA) is 49.5 Å². The molecule has 0 bridgehead atoms. The van der Waals surface area contributed by atoms with E-state index in [0.29, 0.717) is 0 Å². The van der Waals surface area contributed by atoms with E-state index in [1.54, 1.807) is 0 Å². The van der Waals surface area contributed by atoms with Gasteiger partial charge in [-0.2, -0.15) is 0 Å². The number of fused-ring (bicyclic) bond motifs is 1. The van der Waals surface area contributed by atoms with Gasteiger partial charge in [0.25, 0.3) is 0 Å². The van der Waals surface area contributed by atoms with Crippen LogP contribution in [0.5, 0.6) is 0 Å². The Kier molecular flexibility index (Phi) is 3.36. The van der Waals surface area contributed by atoms with Gasteiger partial charge in [-0.25, -0.2) is 0 Å². The molecule has 1 atom stereocenters. The number of benzene rings is 1. The Balaban J connectivity index is 1.84.